The highest BCUT2D eigenvalue weighted by Gasteiger charge is 2.32. The van der Waals surface area contributed by atoms with E-state index < -0.39 is 51.8 Å². The minimum absolute atomic E-state index is 0.0142. The van der Waals surface area contributed by atoms with Crippen molar-refractivity contribution in [3.63, 3.8) is 0 Å². The van der Waals surface area contributed by atoms with Crippen molar-refractivity contribution in [2.45, 2.75) is 20.8 Å². The zero-order valence-electron chi connectivity index (χ0n) is 21.2. The van der Waals surface area contributed by atoms with Crippen molar-refractivity contribution in [1.29, 1.82) is 0 Å². The Hall–Kier alpha value is -5.58. The lowest BCUT2D eigenvalue weighted by Crippen LogP contribution is -2.06. The third kappa shape index (κ3) is 3.30. The second-order valence-corrected chi connectivity index (χ2v) is 9.60. The summed E-state index contributed by atoms with van der Waals surface area (Å²) in [5, 5.41) is 89.3. The number of phenols is 9. The van der Waals surface area contributed by atoms with Crippen molar-refractivity contribution in [1.82, 2.24) is 0 Å². The van der Waals surface area contributed by atoms with Gasteiger partial charge in [0, 0.05) is 33.4 Å². The van der Waals surface area contributed by atoms with Crippen LogP contribution in [0.2, 0.25) is 0 Å². The lowest BCUT2D eigenvalue weighted by atomic mass is 9.84. The van der Waals surface area contributed by atoms with Gasteiger partial charge >= 0.3 is 0 Å². The molecule has 11 heteroatoms. The molecule has 0 atom stereocenters. The predicted octanol–water partition coefficient (Wildman–Crippen LogP) is 4.54. The van der Waals surface area contributed by atoms with Gasteiger partial charge in [0.05, 0.1) is 16.5 Å². The second kappa shape index (κ2) is 8.46. The van der Waals surface area contributed by atoms with Gasteiger partial charge in [-0.15, -0.1) is 0 Å². The first-order valence-electron chi connectivity index (χ1n) is 11.7. The highest BCUT2D eigenvalue weighted by atomic mass is 16.3. The van der Waals surface area contributed by atoms with Crippen molar-refractivity contribution in [3.8, 4) is 51.7 Å². The van der Waals surface area contributed by atoms with Crippen LogP contribution >= 0.6 is 0 Å². The Kier molecular flexibility index (Phi) is 5.51. The average molecular weight is 546 g/mol. The minimum atomic E-state index is -0.888. The Morgan fingerprint density at radius 1 is 0.425 bits per heavy atom. The molecule has 0 saturated heterocycles. The third-order valence-electron chi connectivity index (χ3n) is 7.11. The molecule has 2 aliphatic rings. The van der Waals surface area contributed by atoms with Crippen molar-refractivity contribution in [2.75, 3.05) is 0 Å². The maximum absolute atomic E-state index is 12.1. The summed E-state index contributed by atoms with van der Waals surface area (Å²) in [5.74, 6) is -6.21. The summed E-state index contributed by atoms with van der Waals surface area (Å²) in [4.78, 5) is 24.1. The fraction of sp³-hybridized carbons (Fsp3) is 0.103. The molecule has 4 aromatic carbocycles. The first-order chi connectivity index (χ1) is 18.7. The van der Waals surface area contributed by atoms with Gasteiger partial charge < -0.3 is 46.0 Å². The Morgan fingerprint density at radius 2 is 0.825 bits per heavy atom. The van der Waals surface area contributed by atoms with Gasteiger partial charge in [-0.2, -0.15) is 0 Å². The van der Waals surface area contributed by atoms with Gasteiger partial charge in [0.15, 0.2) is 34.6 Å². The van der Waals surface area contributed by atoms with Crippen molar-refractivity contribution < 1.29 is 55.5 Å². The zero-order valence-corrected chi connectivity index (χ0v) is 21.2. The van der Waals surface area contributed by atoms with Crippen molar-refractivity contribution >= 4 is 44.3 Å². The largest absolute Gasteiger partial charge is 0.507 e. The molecule has 4 aromatic rings. The van der Waals surface area contributed by atoms with Gasteiger partial charge in [-0.3, -0.25) is 9.59 Å². The molecule has 0 heterocycles. The van der Waals surface area contributed by atoms with Gasteiger partial charge in [-0.1, -0.05) is 0 Å². The smallest absolute Gasteiger partial charge is 0.201 e. The Balaban J connectivity index is 0.000000161. The number of aromatic hydroxyl groups is 9. The maximum Gasteiger partial charge on any atom is 0.201 e. The minimum Gasteiger partial charge on any atom is -0.507 e. The van der Waals surface area contributed by atoms with E-state index in [1.807, 2.05) is 0 Å². The van der Waals surface area contributed by atoms with E-state index in [4.69, 9.17) is 0 Å². The SMILES string of the molecule is CC1=CC(=O)c2c(O)c(O)c(O)c3c(C)cc(O)c1c23.CC1=CC(=O)c2c(O)c(O)c(O)c3c(O)cc(O)c1c23. The van der Waals surface area contributed by atoms with Crippen LogP contribution in [0.5, 0.6) is 51.7 Å². The molecule has 0 spiro atoms. The van der Waals surface area contributed by atoms with E-state index in [2.05, 4.69) is 0 Å². The number of carbonyl (C=O) groups excluding carboxylic acids is 2. The number of aryl methyl sites for hydroxylation is 1. The maximum atomic E-state index is 12.1. The number of hydrogen-bond donors (Lipinski definition) is 9. The summed E-state index contributed by atoms with van der Waals surface area (Å²) in [5.41, 5.74) is 1.70. The number of carbonyl (C=O) groups is 2. The van der Waals surface area contributed by atoms with Crippen molar-refractivity contribution in [3.05, 3.63) is 52.1 Å². The lowest BCUT2D eigenvalue weighted by molar-refractivity contribution is 0.103. The van der Waals surface area contributed by atoms with Gasteiger partial charge in [0.2, 0.25) is 11.5 Å². The molecular formula is C29H22O11. The van der Waals surface area contributed by atoms with Gasteiger partial charge in [0.1, 0.15) is 17.2 Å². The average Bonchev–Trinajstić information content (AvgIpc) is 2.85. The van der Waals surface area contributed by atoms with Crippen LogP contribution in [0.15, 0.2) is 24.3 Å². The van der Waals surface area contributed by atoms with Gasteiger partial charge in [-0.25, -0.2) is 0 Å². The molecule has 40 heavy (non-hydrogen) atoms. The van der Waals surface area contributed by atoms with Crippen LogP contribution in [0, 0.1) is 6.92 Å². The molecule has 11 nitrogen and oxygen atoms in total. The molecule has 0 bridgehead atoms. The lowest BCUT2D eigenvalue weighted by Gasteiger charge is -2.21. The fourth-order valence-corrected chi connectivity index (χ4v) is 5.39. The molecule has 0 saturated carbocycles. The van der Waals surface area contributed by atoms with E-state index in [0.29, 0.717) is 22.3 Å². The number of ketones is 2. The first-order valence-corrected chi connectivity index (χ1v) is 11.7. The summed E-state index contributed by atoms with van der Waals surface area (Å²) in [6, 6.07) is 2.45. The van der Waals surface area contributed by atoms with Crippen LogP contribution in [0.25, 0.3) is 32.7 Å². The highest BCUT2D eigenvalue weighted by Crippen LogP contribution is 2.54. The van der Waals surface area contributed by atoms with Crippen LogP contribution in [-0.2, 0) is 0 Å². The highest BCUT2D eigenvalue weighted by molar-refractivity contribution is 6.27. The Labute approximate surface area is 224 Å². The summed E-state index contributed by atoms with van der Waals surface area (Å²) in [6.45, 7) is 4.87. The van der Waals surface area contributed by atoms with E-state index in [9.17, 15) is 55.5 Å². The first kappa shape index (κ1) is 26.0. The fourth-order valence-electron chi connectivity index (χ4n) is 5.39. The number of hydrogen-bond acceptors (Lipinski definition) is 11. The van der Waals surface area contributed by atoms with Gasteiger partial charge in [-0.05, 0) is 55.7 Å². The molecule has 9 N–H and O–H groups in total. The van der Waals surface area contributed by atoms with E-state index in [-0.39, 0.29) is 49.7 Å². The van der Waals surface area contributed by atoms with E-state index in [1.54, 1.807) is 20.8 Å². The molecule has 0 unspecified atom stereocenters. The molecule has 0 aromatic heterocycles. The van der Waals surface area contributed by atoms with E-state index in [0.717, 1.165) is 6.07 Å². The number of rotatable bonds is 0. The van der Waals surface area contributed by atoms with Crippen LogP contribution in [0.3, 0.4) is 0 Å². The van der Waals surface area contributed by atoms with E-state index in [1.165, 1.54) is 18.2 Å². The molecule has 0 radical (unpaired) electrons. The molecule has 0 aliphatic heterocycles. The normalized spacial score (nSPS) is 13.7. The summed E-state index contributed by atoms with van der Waals surface area (Å²) >= 11 is 0. The molecule has 0 fully saturated rings. The third-order valence-corrected chi connectivity index (χ3v) is 7.11. The monoisotopic (exact) mass is 546 g/mol. The molecule has 6 rings (SSSR count). The van der Waals surface area contributed by atoms with Crippen LogP contribution < -0.4 is 0 Å². The van der Waals surface area contributed by atoms with Gasteiger partial charge in [0.25, 0.3) is 0 Å². The summed E-state index contributed by atoms with van der Waals surface area (Å²) in [6.07, 6.45) is 2.48. The number of benzene rings is 4. The van der Waals surface area contributed by atoms with Crippen molar-refractivity contribution in [2.24, 2.45) is 0 Å². The second-order valence-electron chi connectivity index (χ2n) is 9.60. The molecule has 2 aliphatic carbocycles. The number of phenolic OH excluding ortho intramolecular Hbond substituents is 9. The van der Waals surface area contributed by atoms with E-state index >= 15 is 0 Å². The van der Waals surface area contributed by atoms with Crippen LogP contribution in [-0.4, -0.2) is 57.5 Å². The standard InChI is InChI=1S/C15H12O5.C14H10O6/c1-5-3-8(17)11-12-9(5)7(16)4-6(2)10(12)13(18)15(20)14(11)19;1-4-2-5(15)9-11-8(4)6(16)3-7(17)10(11)13(19)14(20)12(9)18/h3-4,16,18-20H,1-2H3;2-3,16-20H,1H3. The van der Waals surface area contributed by atoms with Crippen LogP contribution in [0.4, 0.5) is 0 Å². The molecular weight excluding hydrogens is 524 g/mol. The zero-order chi connectivity index (χ0) is 29.5. The molecule has 204 valence electrons. The Bertz CT molecular complexity index is 1800. The van der Waals surface area contributed by atoms with Crippen LogP contribution in [0.1, 0.15) is 51.3 Å². The number of allylic oxidation sites excluding steroid dienone is 4. The summed E-state index contributed by atoms with van der Waals surface area (Å²) < 4.78 is 0. The molecule has 0 amide bonds. The Morgan fingerprint density at radius 3 is 1.30 bits per heavy atom. The summed E-state index contributed by atoms with van der Waals surface area (Å²) in [7, 11) is 0. The topological polar surface area (TPSA) is 216 Å². The quantitative estimate of drug-likeness (QED) is 0.140. The predicted molar refractivity (Wildman–Crippen MR) is 144 cm³/mol.